The van der Waals surface area contributed by atoms with Crippen molar-refractivity contribution in [3.63, 3.8) is 0 Å². The molecule has 0 aliphatic carbocycles. The molecule has 0 unspecified atom stereocenters. The minimum atomic E-state index is 0.721. The van der Waals surface area contributed by atoms with Crippen molar-refractivity contribution in [2.45, 2.75) is 13.3 Å². The molecule has 0 amide bonds. The van der Waals surface area contributed by atoms with E-state index in [2.05, 4.69) is 14.9 Å². The highest BCUT2D eigenvalue weighted by atomic mass is 15.2. The van der Waals surface area contributed by atoms with E-state index in [-0.39, 0.29) is 0 Å². The van der Waals surface area contributed by atoms with Crippen molar-refractivity contribution >= 4 is 11.5 Å². The zero-order valence-corrected chi connectivity index (χ0v) is 10.8. The summed E-state index contributed by atoms with van der Waals surface area (Å²) in [6, 6.07) is 7.90. The first kappa shape index (κ1) is 12.4. The van der Waals surface area contributed by atoms with E-state index in [0.29, 0.717) is 0 Å². The van der Waals surface area contributed by atoms with E-state index in [0.717, 1.165) is 35.7 Å². The van der Waals surface area contributed by atoms with Crippen molar-refractivity contribution in [2.75, 3.05) is 24.2 Å². The summed E-state index contributed by atoms with van der Waals surface area (Å²) in [4.78, 5) is 10.7. The number of nitrogens with two attached hydrogens (primary N) is 1. The number of aromatic nitrogens is 2. The molecule has 4 nitrogen and oxygen atoms in total. The van der Waals surface area contributed by atoms with Gasteiger partial charge in [0.1, 0.15) is 0 Å². The molecule has 0 bridgehead atoms. The highest BCUT2D eigenvalue weighted by Crippen LogP contribution is 2.19. The topological polar surface area (TPSA) is 55.0 Å². The van der Waals surface area contributed by atoms with Gasteiger partial charge in [0.2, 0.25) is 0 Å². The van der Waals surface area contributed by atoms with E-state index < -0.39 is 0 Å². The van der Waals surface area contributed by atoms with Crippen LogP contribution in [0, 0.1) is 6.92 Å². The zero-order chi connectivity index (χ0) is 13.0. The molecule has 0 atom stereocenters. The Morgan fingerprint density at radius 1 is 1.28 bits per heavy atom. The molecule has 2 aromatic heterocycles. The van der Waals surface area contributed by atoms with Gasteiger partial charge < -0.3 is 10.6 Å². The molecule has 0 aromatic carbocycles. The molecule has 2 rings (SSSR count). The molecule has 94 valence electrons. The van der Waals surface area contributed by atoms with Crippen LogP contribution in [0.3, 0.4) is 0 Å². The first-order chi connectivity index (χ1) is 8.66. The molecule has 4 heteroatoms. The zero-order valence-electron chi connectivity index (χ0n) is 10.8. The van der Waals surface area contributed by atoms with E-state index in [9.17, 15) is 0 Å². The maximum atomic E-state index is 5.97. The second-order valence-corrected chi connectivity index (χ2v) is 4.42. The summed E-state index contributed by atoms with van der Waals surface area (Å²) in [6.45, 7) is 2.83. The van der Waals surface area contributed by atoms with Crippen LogP contribution in [-0.4, -0.2) is 23.6 Å². The summed E-state index contributed by atoms with van der Waals surface area (Å²) in [5.74, 6) is 0.830. The number of rotatable bonds is 4. The Bertz CT molecular complexity index is 510. The predicted octanol–water partition coefficient (Wildman–Crippen LogP) is 2.05. The van der Waals surface area contributed by atoms with Gasteiger partial charge in [0.25, 0.3) is 0 Å². The minimum absolute atomic E-state index is 0.721. The summed E-state index contributed by atoms with van der Waals surface area (Å²) >= 11 is 0. The highest BCUT2D eigenvalue weighted by Gasteiger charge is 2.07. The fourth-order valence-corrected chi connectivity index (χ4v) is 1.84. The van der Waals surface area contributed by atoms with Crippen LogP contribution in [0.2, 0.25) is 0 Å². The first-order valence-electron chi connectivity index (χ1n) is 6.00. The smallest absolute Gasteiger partial charge is 0.151 e. The molecular weight excluding hydrogens is 224 g/mol. The largest absolute Gasteiger partial charge is 0.396 e. The molecule has 0 spiro atoms. The van der Waals surface area contributed by atoms with Gasteiger partial charge in [0, 0.05) is 38.1 Å². The van der Waals surface area contributed by atoms with Crippen LogP contribution in [0.15, 0.2) is 36.7 Å². The van der Waals surface area contributed by atoms with Gasteiger partial charge in [-0.1, -0.05) is 6.07 Å². The molecule has 0 aliphatic rings. The van der Waals surface area contributed by atoms with E-state index in [1.54, 1.807) is 0 Å². The first-order valence-corrected chi connectivity index (χ1v) is 6.00. The lowest BCUT2D eigenvalue weighted by molar-refractivity contribution is 0.840. The number of nitrogen functional groups attached to an aromatic ring is 1. The number of hydrogen-bond donors (Lipinski definition) is 1. The van der Waals surface area contributed by atoms with E-state index in [1.807, 2.05) is 50.6 Å². The van der Waals surface area contributed by atoms with Crippen LogP contribution >= 0.6 is 0 Å². The van der Waals surface area contributed by atoms with Crippen LogP contribution in [0.1, 0.15) is 11.3 Å². The van der Waals surface area contributed by atoms with Crippen LogP contribution in [0.25, 0.3) is 0 Å². The van der Waals surface area contributed by atoms with E-state index in [1.165, 1.54) is 0 Å². The monoisotopic (exact) mass is 242 g/mol. The lowest BCUT2D eigenvalue weighted by atomic mass is 10.2. The molecular formula is C14H18N4. The lowest BCUT2D eigenvalue weighted by Gasteiger charge is -2.19. The summed E-state index contributed by atoms with van der Waals surface area (Å²) in [6.07, 6.45) is 4.53. The molecule has 2 aromatic rings. The summed E-state index contributed by atoms with van der Waals surface area (Å²) in [5.41, 5.74) is 8.85. The molecule has 0 radical (unpaired) electrons. The molecule has 0 saturated heterocycles. The lowest BCUT2D eigenvalue weighted by Crippen LogP contribution is -2.22. The van der Waals surface area contributed by atoms with Crippen molar-refractivity contribution in [2.24, 2.45) is 0 Å². The Hall–Kier alpha value is -2.10. The van der Waals surface area contributed by atoms with Gasteiger partial charge in [-0.3, -0.25) is 4.98 Å². The Morgan fingerprint density at radius 3 is 2.78 bits per heavy atom. The third-order valence-corrected chi connectivity index (χ3v) is 2.82. The standard InChI is InChI=1S/C14H18N4/c1-11-9-13(15)14(17-10-11)18(2)8-6-12-5-3-4-7-16-12/h3-5,7,9-10H,6,8,15H2,1-2H3. The van der Waals surface area contributed by atoms with Gasteiger partial charge in [-0.15, -0.1) is 0 Å². The van der Waals surface area contributed by atoms with Crippen LogP contribution in [0.5, 0.6) is 0 Å². The highest BCUT2D eigenvalue weighted by molar-refractivity contribution is 5.62. The number of nitrogens with zero attached hydrogens (tertiary/aromatic N) is 3. The summed E-state index contributed by atoms with van der Waals surface area (Å²) < 4.78 is 0. The molecule has 0 saturated carbocycles. The Morgan fingerprint density at radius 2 is 2.11 bits per heavy atom. The SMILES string of the molecule is Cc1cnc(N(C)CCc2ccccn2)c(N)c1. The van der Waals surface area contributed by atoms with Gasteiger partial charge in [0.15, 0.2) is 5.82 Å². The molecule has 0 fully saturated rings. The van der Waals surface area contributed by atoms with Crippen molar-refractivity contribution in [3.8, 4) is 0 Å². The predicted molar refractivity (Wildman–Crippen MR) is 74.6 cm³/mol. The quantitative estimate of drug-likeness (QED) is 0.891. The molecule has 0 aliphatic heterocycles. The average molecular weight is 242 g/mol. The third kappa shape index (κ3) is 2.97. The number of aryl methyl sites for hydroxylation is 1. The van der Waals surface area contributed by atoms with E-state index >= 15 is 0 Å². The Balaban J connectivity index is 2.01. The van der Waals surface area contributed by atoms with Crippen LogP contribution < -0.4 is 10.6 Å². The van der Waals surface area contributed by atoms with Gasteiger partial charge in [-0.25, -0.2) is 4.98 Å². The normalized spacial score (nSPS) is 10.3. The molecule has 18 heavy (non-hydrogen) atoms. The number of likely N-dealkylation sites (N-methyl/N-ethyl adjacent to an activating group) is 1. The van der Waals surface area contributed by atoms with Gasteiger partial charge in [-0.2, -0.15) is 0 Å². The second kappa shape index (κ2) is 5.49. The van der Waals surface area contributed by atoms with Gasteiger partial charge in [0.05, 0.1) is 5.69 Å². The molecule has 2 N–H and O–H groups in total. The summed E-state index contributed by atoms with van der Waals surface area (Å²) in [5, 5.41) is 0. The summed E-state index contributed by atoms with van der Waals surface area (Å²) in [7, 11) is 2.00. The maximum Gasteiger partial charge on any atom is 0.151 e. The number of anilines is 2. The van der Waals surface area contributed by atoms with Crippen molar-refractivity contribution in [1.29, 1.82) is 0 Å². The third-order valence-electron chi connectivity index (χ3n) is 2.82. The van der Waals surface area contributed by atoms with Crippen molar-refractivity contribution < 1.29 is 0 Å². The fraction of sp³-hybridized carbons (Fsp3) is 0.286. The minimum Gasteiger partial charge on any atom is -0.396 e. The van der Waals surface area contributed by atoms with Gasteiger partial charge in [-0.05, 0) is 30.7 Å². The second-order valence-electron chi connectivity index (χ2n) is 4.42. The Kier molecular flexibility index (Phi) is 3.77. The van der Waals surface area contributed by atoms with Crippen LogP contribution in [0.4, 0.5) is 11.5 Å². The van der Waals surface area contributed by atoms with Gasteiger partial charge >= 0.3 is 0 Å². The van der Waals surface area contributed by atoms with Crippen molar-refractivity contribution in [3.05, 3.63) is 47.9 Å². The number of pyridine rings is 2. The number of hydrogen-bond acceptors (Lipinski definition) is 4. The maximum absolute atomic E-state index is 5.97. The van der Waals surface area contributed by atoms with E-state index in [4.69, 9.17) is 5.73 Å². The van der Waals surface area contributed by atoms with Crippen LogP contribution in [-0.2, 0) is 6.42 Å². The van der Waals surface area contributed by atoms with Crippen molar-refractivity contribution in [1.82, 2.24) is 9.97 Å². The molecule has 2 heterocycles. The fourth-order valence-electron chi connectivity index (χ4n) is 1.84. The Labute approximate surface area is 107 Å². The average Bonchev–Trinajstić information content (AvgIpc) is 2.37.